The molecule has 2 N–H and O–H groups in total. The van der Waals surface area contributed by atoms with Gasteiger partial charge in [0.15, 0.2) is 11.5 Å². The zero-order valence-electron chi connectivity index (χ0n) is 12.6. The van der Waals surface area contributed by atoms with E-state index >= 15 is 0 Å². The number of anilines is 1. The van der Waals surface area contributed by atoms with Crippen LogP contribution < -0.4 is 15.0 Å². The Morgan fingerprint density at radius 2 is 1.92 bits per heavy atom. The molecule has 2 aromatic rings. The lowest BCUT2D eigenvalue weighted by molar-refractivity contribution is -0.113. The number of methoxy groups -OCH3 is 1. The van der Waals surface area contributed by atoms with E-state index in [9.17, 15) is 14.7 Å². The molecule has 0 atom stereocenters. The first-order valence-corrected chi connectivity index (χ1v) is 7.79. The number of benzene rings is 2. The molecular weight excluding hydrogens is 376 g/mol. The van der Waals surface area contributed by atoms with Crippen LogP contribution in [-0.2, 0) is 4.79 Å². The van der Waals surface area contributed by atoms with E-state index in [4.69, 9.17) is 4.74 Å². The number of hydrogen-bond acceptors (Lipinski definition) is 4. The predicted molar refractivity (Wildman–Crippen MR) is 92.8 cm³/mol. The number of urea groups is 1. The molecule has 0 bridgehead atoms. The van der Waals surface area contributed by atoms with Gasteiger partial charge in [0.2, 0.25) is 0 Å². The van der Waals surface area contributed by atoms with Crippen LogP contribution in [0, 0.1) is 0 Å². The number of para-hydroxylation sites is 1. The van der Waals surface area contributed by atoms with E-state index in [2.05, 4.69) is 21.2 Å². The van der Waals surface area contributed by atoms with Crippen molar-refractivity contribution in [1.29, 1.82) is 0 Å². The maximum atomic E-state index is 12.5. The van der Waals surface area contributed by atoms with Crippen LogP contribution in [0.15, 0.2) is 52.6 Å². The van der Waals surface area contributed by atoms with Crippen LogP contribution in [0.25, 0.3) is 6.08 Å². The number of aromatic hydroxyl groups is 1. The summed E-state index contributed by atoms with van der Waals surface area (Å²) in [5, 5.41) is 12.7. The summed E-state index contributed by atoms with van der Waals surface area (Å²) in [6, 6.07) is 11.3. The lowest BCUT2D eigenvalue weighted by atomic mass is 10.1. The molecule has 122 valence electrons. The smallest absolute Gasteiger partial charge is 0.333 e. The lowest BCUT2D eigenvalue weighted by Crippen LogP contribution is -2.30. The van der Waals surface area contributed by atoms with Crippen molar-refractivity contribution in [2.24, 2.45) is 0 Å². The van der Waals surface area contributed by atoms with Gasteiger partial charge in [0, 0.05) is 10.0 Å². The Balaban J connectivity index is 2.00. The van der Waals surface area contributed by atoms with Gasteiger partial charge in [0.05, 0.1) is 12.8 Å². The van der Waals surface area contributed by atoms with Crippen molar-refractivity contribution >= 4 is 39.6 Å². The fourth-order valence-electron chi connectivity index (χ4n) is 2.36. The Labute approximate surface area is 146 Å². The Morgan fingerprint density at radius 3 is 2.58 bits per heavy atom. The van der Waals surface area contributed by atoms with Gasteiger partial charge in [0.1, 0.15) is 5.70 Å². The molecule has 0 unspecified atom stereocenters. The van der Waals surface area contributed by atoms with Gasteiger partial charge in [-0.1, -0.05) is 34.1 Å². The summed E-state index contributed by atoms with van der Waals surface area (Å²) in [6.45, 7) is 0. The molecule has 0 aromatic heterocycles. The summed E-state index contributed by atoms with van der Waals surface area (Å²) in [6.07, 6.45) is 1.41. The van der Waals surface area contributed by atoms with Crippen LogP contribution in [0.1, 0.15) is 5.56 Å². The molecule has 1 aliphatic heterocycles. The molecule has 0 spiro atoms. The number of nitrogens with one attached hydrogen (secondary N) is 1. The fraction of sp³-hybridized carbons (Fsp3) is 0.0588. The third kappa shape index (κ3) is 2.85. The molecule has 1 saturated heterocycles. The number of imide groups is 1. The van der Waals surface area contributed by atoms with Gasteiger partial charge in [-0.15, -0.1) is 0 Å². The number of rotatable bonds is 3. The van der Waals surface area contributed by atoms with E-state index in [0.717, 1.165) is 4.90 Å². The predicted octanol–water partition coefficient (Wildman–Crippen LogP) is 3.26. The molecule has 24 heavy (non-hydrogen) atoms. The summed E-state index contributed by atoms with van der Waals surface area (Å²) >= 11 is 3.31. The van der Waals surface area contributed by atoms with E-state index in [1.807, 2.05) is 0 Å². The minimum atomic E-state index is -0.543. The topological polar surface area (TPSA) is 78.9 Å². The van der Waals surface area contributed by atoms with Crippen LogP contribution in [0.4, 0.5) is 10.5 Å². The Hall–Kier alpha value is -2.80. The van der Waals surface area contributed by atoms with Crippen molar-refractivity contribution in [3.8, 4) is 11.5 Å². The van der Waals surface area contributed by atoms with Gasteiger partial charge in [-0.05, 0) is 30.3 Å². The van der Waals surface area contributed by atoms with Gasteiger partial charge in [0.25, 0.3) is 5.91 Å². The zero-order valence-corrected chi connectivity index (χ0v) is 14.2. The van der Waals surface area contributed by atoms with Crippen LogP contribution in [0.3, 0.4) is 0 Å². The number of nitrogens with zero attached hydrogens (tertiary/aromatic N) is 1. The molecule has 3 rings (SSSR count). The number of halogens is 1. The van der Waals surface area contributed by atoms with Gasteiger partial charge in [-0.3, -0.25) is 4.79 Å². The average molecular weight is 389 g/mol. The van der Waals surface area contributed by atoms with E-state index in [1.54, 1.807) is 42.5 Å². The molecule has 6 nitrogen and oxygen atoms in total. The molecule has 7 heteroatoms. The first kappa shape index (κ1) is 16.1. The minimum absolute atomic E-state index is 0.0688. The van der Waals surface area contributed by atoms with Crippen molar-refractivity contribution < 1.29 is 19.4 Å². The molecule has 3 amide bonds. The third-order valence-electron chi connectivity index (χ3n) is 3.48. The second-order valence-electron chi connectivity index (χ2n) is 5.01. The highest BCUT2D eigenvalue weighted by Gasteiger charge is 2.34. The molecule has 0 radical (unpaired) electrons. The normalized spacial score (nSPS) is 15.8. The van der Waals surface area contributed by atoms with Gasteiger partial charge in [-0.2, -0.15) is 0 Å². The van der Waals surface area contributed by atoms with Crippen molar-refractivity contribution in [1.82, 2.24) is 5.32 Å². The molecule has 1 fully saturated rings. The van der Waals surface area contributed by atoms with E-state index in [1.165, 1.54) is 13.2 Å². The summed E-state index contributed by atoms with van der Waals surface area (Å²) < 4.78 is 5.74. The minimum Gasteiger partial charge on any atom is -0.504 e. The summed E-state index contributed by atoms with van der Waals surface area (Å²) in [7, 11) is 1.43. The Morgan fingerprint density at radius 1 is 1.21 bits per heavy atom. The van der Waals surface area contributed by atoms with Crippen LogP contribution >= 0.6 is 15.9 Å². The SMILES string of the molecule is COc1cc(Br)cc(/C=C2\NC(=O)N(c3ccccc3)C2=O)c1O. The number of amides is 3. The van der Waals surface area contributed by atoms with E-state index in [0.29, 0.717) is 15.7 Å². The number of phenolic OH excluding ortho intramolecular Hbond substituents is 1. The quantitative estimate of drug-likeness (QED) is 0.624. The molecule has 2 aromatic carbocycles. The maximum Gasteiger partial charge on any atom is 0.333 e. The number of carbonyl (C=O) groups excluding carboxylic acids is 2. The Bertz CT molecular complexity index is 849. The summed E-state index contributed by atoms with van der Waals surface area (Å²) in [5.41, 5.74) is 0.888. The molecule has 1 aliphatic rings. The first-order valence-electron chi connectivity index (χ1n) is 7.00. The maximum absolute atomic E-state index is 12.5. The van der Waals surface area contributed by atoms with Gasteiger partial charge < -0.3 is 15.2 Å². The van der Waals surface area contributed by atoms with Crippen LogP contribution in [-0.4, -0.2) is 24.2 Å². The Kier molecular flexibility index (Phi) is 4.26. The molecule has 0 saturated carbocycles. The van der Waals surface area contributed by atoms with Crippen molar-refractivity contribution in [2.75, 3.05) is 12.0 Å². The third-order valence-corrected chi connectivity index (χ3v) is 3.94. The van der Waals surface area contributed by atoms with Crippen LogP contribution in [0.5, 0.6) is 11.5 Å². The standard InChI is InChI=1S/C17H13BrN2O4/c1-24-14-9-11(18)7-10(15(14)21)8-13-16(22)20(17(23)19-13)12-5-3-2-4-6-12/h2-9,21H,1H3,(H,19,23)/b13-8-. The zero-order chi connectivity index (χ0) is 17.3. The first-order chi connectivity index (χ1) is 11.5. The summed E-state index contributed by atoms with van der Waals surface area (Å²) in [4.78, 5) is 25.7. The molecular formula is C17H13BrN2O4. The number of carbonyl (C=O) groups is 2. The van der Waals surface area contributed by atoms with E-state index < -0.39 is 11.9 Å². The second kappa shape index (κ2) is 6.37. The lowest BCUT2D eigenvalue weighted by Gasteiger charge is -2.11. The highest BCUT2D eigenvalue weighted by molar-refractivity contribution is 9.10. The molecule has 0 aliphatic carbocycles. The van der Waals surface area contributed by atoms with Gasteiger partial charge in [-0.25, -0.2) is 9.69 Å². The highest BCUT2D eigenvalue weighted by atomic mass is 79.9. The van der Waals surface area contributed by atoms with Crippen molar-refractivity contribution in [3.63, 3.8) is 0 Å². The second-order valence-corrected chi connectivity index (χ2v) is 5.93. The number of ether oxygens (including phenoxy) is 1. The van der Waals surface area contributed by atoms with Gasteiger partial charge >= 0.3 is 6.03 Å². The van der Waals surface area contributed by atoms with Crippen LogP contribution in [0.2, 0.25) is 0 Å². The number of hydrogen-bond donors (Lipinski definition) is 2. The summed E-state index contributed by atoms with van der Waals surface area (Å²) in [5.74, 6) is -0.356. The average Bonchev–Trinajstić information content (AvgIpc) is 2.85. The van der Waals surface area contributed by atoms with Crippen molar-refractivity contribution in [2.45, 2.75) is 0 Å². The fourth-order valence-corrected chi connectivity index (χ4v) is 2.82. The van der Waals surface area contributed by atoms with E-state index in [-0.39, 0.29) is 17.2 Å². The molecule has 1 heterocycles. The largest absolute Gasteiger partial charge is 0.504 e. The number of phenols is 1. The van der Waals surface area contributed by atoms with Crippen molar-refractivity contribution in [3.05, 3.63) is 58.2 Å². The monoisotopic (exact) mass is 388 g/mol. The highest BCUT2D eigenvalue weighted by Crippen LogP contribution is 2.35.